The quantitative estimate of drug-likeness (QED) is 0.755. The van der Waals surface area contributed by atoms with Crippen molar-refractivity contribution < 1.29 is 8.78 Å². The molecule has 0 spiro atoms. The van der Waals surface area contributed by atoms with Crippen LogP contribution in [0.15, 0.2) is 30.4 Å². The van der Waals surface area contributed by atoms with E-state index in [0.717, 1.165) is 5.57 Å². The minimum Gasteiger partial charge on any atom is -0.329 e. The number of nitrogens with two attached hydrogens (primary N) is 1. The molecule has 0 radical (unpaired) electrons. The van der Waals surface area contributed by atoms with Crippen molar-refractivity contribution >= 4 is 0 Å². The van der Waals surface area contributed by atoms with E-state index in [1.807, 2.05) is 6.92 Å². The highest BCUT2D eigenvalue weighted by Crippen LogP contribution is 2.19. The lowest BCUT2D eigenvalue weighted by molar-refractivity contribution is 0.483. The molecule has 1 rings (SSSR count). The molecule has 0 saturated carbocycles. The number of rotatable bonds is 5. The van der Waals surface area contributed by atoms with Crippen molar-refractivity contribution in [1.82, 2.24) is 5.32 Å². The zero-order valence-electron chi connectivity index (χ0n) is 9.26. The first-order valence-electron chi connectivity index (χ1n) is 5.08. The molecule has 0 bridgehead atoms. The molecule has 2 nitrogen and oxygen atoms in total. The predicted octanol–water partition coefficient (Wildman–Crippen LogP) is 2.13. The van der Waals surface area contributed by atoms with Gasteiger partial charge in [0, 0.05) is 18.7 Å². The van der Waals surface area contributed by atoms with Crippen molar-refractivity contribution in [2.45, 2.75) is 13.0 Å². The molecule has 0 heterocycles. The Morgan fingerprint density at radius 3 is 2.44 bits per heavy atom. The van der Waals surface area contributed by atoms with Crippen molar-refractivity contribution in [1.29, 1.82) is 0 Å². The lowest BCUT2D eigenvalue weighted by atomic mass is 10.1. The van der Waals surface area contributed by atoms with Crippen LogP contribution in [0.2, 0.25) is 0 Å². The highest BCUT2D eigenvalue weighted by molar-refractivity contribution is 5.24. The van der Waals surface area contributed by atoms with Gasteiger partial charge in [-0.2, -0.15) is 0 Å². The fraction of sp³-hybridized carbons (Fsp3) is 0.333. The first-order chi connectivity index (χ1) is 7.56. The topological polar surface area (TPSA) is 38.0 Å². The lowest BCUT2D eigenvalue weighted by Gasteiger charge is -2.18. The summed E-state index contributed by atoms with van der Waals surface area (Å²) >= 11 is 0. The average Bonchev–Trinajstić information content (AvgIpc) is 2.22. The minimum absolute atomic E-state index is 0.00810. The summed E-state index contributed by atoms with van der Waals surface area (Å²) in [7, 11) is 0. The molecule has 0 fully saturated rings. The SMILES string of the molecule is C=C(C)CNC(CN)c1c(F)cccc1F. The Bertz CT molecular complexity index is 357. The third kappa shape index (κ3) is 3.12. The molecule has 0 aliphatic heterocycles. The van der Waals surface area contributed by atoms with Crippen LogP contribution in [0, 0.1) is 11.6 Å². The van der Waals surface area contributed by atoms with Gasteiger partial charge >= 0.3 is 0 Å². The van der Waals surface area contributed by atoms with Gasteiger partial charge < -0.3 is 11.1 Å². The predicted molar refractivity (Wildman–Crippen MR) is 61.0 cm³/mol. The molecule has 1 aromatic carbocycles. The molecule has 4 heteroatoms. The summed E-state index contributed by atoms with van der Waals surface area (Å²) in [5, 5.41) is 2.96. The minimum atomic E-state index is -0.579. The average molecular weight is 226 g/mol. The molecule has 3 N–H and O–H groups in total. The van der Waals surface area contributed by atoms with Crippen molar-refractivity contribution in [3.05, 3.63) is 47.5 Å². The highest BCUT2D eigenvalue weighted by Gasteiger charge is 2.17. The van der Waals surface area contributed by atoms with Crippen molar-refractivity contribution in [3.8, 4) is 0 Å². The second kappa shape index (κ2) is 5.72. The molecule has 0 aliphatic carbocycles. The number of hydrogen-bond donors (Lipinski definition) is 2. The van der Waals surface area contributed by atoms with Crippen molar-refractivity contribution in [3.63, 3.8) is 0 Å². The summed E-state index contributed by atoms with van der Waals surface area (Å²) in [6.07, 6.45) is 0. The van der Waals surface area contributed by atoms with E-state index in [2.05, 4.69) is 11.9 Å². The normalized spacial score (nSPS) is 12.5. The Morgan fingerprint density at radius 2 is 2.00 bits per heavy atom. The summed E-state index contributed by atoms with van der Waals surface area (Å²) in [4.78, 5) is 0. The smallest absolute Gasteiger partial charge is 0.130 e. The Hall–Kier alpha value is -1.26. The number of nitrogens with one attached hydrogen (secondary N) is 1. The summed E-state index contributed by atoms with van der Waals surface area (Å²) < 4.78 is 26.9. The molecule has 88 valence electrons. The molecule has 0 amide bonds. The number of benzene rings is 1. The first-order valence-corrected chi connectivity index (χ1v) is 5.08. The Balaban J connectivity index is 2.90. The molecule has 0 aromatic heterocycles. The van der Waals surface area contributed by atoms with E-state index in [1.54, 1.807) is 0 Å². The van der Waals surface area contributed by atoms with E-state index >= 15 is 0 Å². The maximum Gasteiger partial charge on any atom is 0.130 e. The Morgan fingerprint density at radius 1 is 1.44 bits per heavy atom. The van der Waals surface area contributed by atoms with Gasteiger partial charge in [0.05, 0.1) is 6.04 Å². The van der Waals surface area contributed by atoms with Crippen LogP contribution in [0.4, 0.5) is 8.78 Å². The first kappa shape index (κ1) is 12.8. The second-order valence-corrected chi connectivity index (χ2v) is 3.76. The van der Waals surface area contributed by atoms with Gasteiger partial charge in [0.25, 0.3) is 0 Å². The summed E-state index contributed by atoms with van der Waals surface area (Å²) in [5.74, 6) is -1.16. The summed E-state index contributed by atoms with van der Waals surface area (Å²) in [5.41, 5.74) is 6.38. The van der Waals surface area contributed by atoms with Crippen LogP contribution in [0.3, 0.4) is 0 Å². The molecular formula is C12H16F2N2. The molecule has 16 heavy (non-hydrogen) atoms. The molecule has 1 atom stereocenters. The number of hydrogen-bond acceptors (Lipinski definition) is 2. The standard InChI is InChI=1S/C12H16F2N2/c1-8(2)7-16-11(6-15)12-9(13)4-3-5-10(12)14/h3-5,11,16H,1,6-7,15H2,2H3. The van der Waals surface area contributed by atoms with Gasteiger partial charge in [0.15, 0.2) is 0 Å². The Labute approximate surface area is 94.2 Å². The largest absolute Gasteiger partial charge is 0.329 e. The van der Waals surface area contributed by atoms with Crippen molar-refractivity contribution in [2.75, 3.05) is 13.1 Å². The molecule has 0 aliphatic rings. The highest BCUT2D eigenvalue weighted by atomic mass is 19.1. The van der Waals surface area contributed by atoms with Gasteiger partial charge in [0.1, 0.15) is 11.6 Å². The van der Waals surface area contributed by atoms with E-state index in [-0.39, 0.29) is 12.1 Å². The molecule has 1 unspecified atom stereocenters. The van der Waals surface area contributed by atoms with E-state index < -0.39 is 17.7 Å². The van der Waals surface area contributed by atoms with Crippen LogP contribution in [0.25, 0.3) is 0 Å². The van der Waals surface area contributed by atoms with Crippen LogP contribution < -0.4 is 11.1 Å². The fourth-order valence-corrected chi connectivity index (χ4v) is 1.44. The van der Waals surface area contributed by atoms with Crippen LogP contribution in [-0.2, 0) is 0 Å². The summed E-state index contributed by atoms with van der Waals surface area (Å²) in [6.45, 7) is 6.15. The van der Waals surface area contributed by atoms with Gasteiger partial charge in [-0.15, -0.1) is 0 Å². The van der Waals surface area contributed by atoms with E-state index in [4.69, 9.17) is 5.73 Å². The van der Waals surface area contributed by atoms with Crippen LogP contribution in [-0.4, -0.2) is 13.1 Å². The van der Waals surface area contributed by atoms with Gasteiger partial charge in [-0.3, -0.25) is 0 Å². The van der Waals surface area contributed by atoms with Crippen LogP contribution in [0.5, 0.6) is 0 Å². The van der Waals surface area contributed by atoms with Crippen LogP contribution >= 0.6 is 0 Å². The molecule has 0 saturated heterocycles. The molecular weight excluding hydrogens is 210 g/mol. The van der Waals surface area contributed by atoms with Gasteiger partial charge in [0.2, 0.25) is 0 Å². The molecule has 1 aromatic rings. The van der Waals surface area contributed by atoms with E-state index in [0.29, 0.717) is 6.54 Å². The third-order valence-electron chi connectivity index (χ3n) is 2.23. The Kier molecular flexibility index (Phi) is 4.58. The fourth-order valence-electron chi connectivity index (χ4n) is 1.44. The zero-order chi connectivity index (χ0) is 12.1. The second-order valence-electron chi connectivity index (χ2n) is 3.76. The van der Waals surface area contributed by atoms with E-state index in [1.165, 1.54) is 18.2 Å². The van der Waals surface area contributed by atoms with Gasteiger partial charge in [-0.1, -0.05) is 18.2 Å². The maximum absolute atomic E-state index is 13.5. The summed E-state index contributed by atoms with van der Waals surface area (Å²) in [6, 6.07) is 3.26. The zero-order valence-corrected chi connectivity index (χ0v) is 9.26. The van der Waals surface area contributed by atoms with E-state index in [9.17, 15) is 8.78 Å². The van der Waals surface area contributed by atoms with Gasteiger partial charge in [-0.05, 0) is 19.1 Å². The third-order valence-corrected chi connectivity index (χ3v) is 2.23. The monoisotopic (exact) mass is 226 g/mol. The lowest BCUT2D eigenvalue weighted by Crippen LogP contribution is -2.30. The van der Waals surface area contributed by atoms with Crippen LogP contribution in [0.1, 0.15) is 18.5 Å². The maximum atomic E-state index is 13.5. The van der Waals surface area contributed by atoms with Gasteiger partial charge in [-0.25, -0.2) is 8.78 Å². The van der Waals surface area contributed by atoms with Crippen molar-refractivity contribution in [2.24, 2.45) is 5.73 Å². The number of halogens is 2.